The summed E-state index contributed by atoms with van der Waals surface area (Å²) < 4.78 is 0. The monoisotopic (exact) mass is 162 g/mol. The van der Waals surface area contributed by atoms with Crippen LogP contribution in [0.4, 0.5) is 0 Å². The van der Waals surface area contributed by atoms with E-state index in [1.165, 1.54) is 20.2 Å². The van der Waals surface area contributed by atoms with Gasteiger partial charge in [0.05, 0.1) is 0 Å². The zero-order valence-corrected chi connectivity index (χ0v) is 5.09. The molecule has 4 nitrogen and oxygen atoms in total. The molecule has 46 valence electrons. The predicted molar refractivity (Wildman–Crippen MR) is 22.5 cm³/mol. The van der Waals surface area contributed by atoms with E-state index >= 15 is 0 Å². The van der Waals surface area contributed by atoms with Crippen molar-refractivity contribution in [1.29, 1.82) is 21.0 Å². The van der Waals surface area contributed by atoms with E-state index in [9.17, 15) is 0 Å². The summed E-state index contributed by atoms with van der Waals surface area (Å²) in [5, 5.41) is 37.9. The van der Waals surface area contributed by atoms with Gasteiger partial charge in [0.2, 0.25) is 0 Å². The van der Waals surface area contributed by atoms with Gasteiger partial charge in [-0.05, 0) is 0 Å². The van der Waals surface area contributed by atoms with Crippen LogP contribution < -0.4 is 0 Å². The Labute approximate surface area is 54.2 Å². The molecule has 5 heteroatoms. The summed E-state index contributed by atoms with van der Waals surface area (Å²) in [5.74, 6) is 0. The summed E-state index contributed by atoms with van der Waals surface area (Å²) in [4.78, 5) is 0. The molecule has 0 aromatic heterocycles. The van der Waals surface area contributed by atoms with Crippen molar-refractivity contribution >= 4 is 0 Å². The van der Waals surface area contributed by atoms with Crippen LogP contribution >= 0.6 is 0 Å². The van der Waals surface area contributed by atoms with Crippen LogP contribution in [0, 0.1) is 41.2 Å². The van der Waals surface area contributed by atoms with E-state index in [-0.39, 0.29) is 0 Å². The first kappa shape index (κ1) is 7.45. The van der Waals surface area contributed by atoms with E-state index in [0.29, 0.717) is 0 Å². The third-order valence-electron chi connectivity index (χ3n) is 0.424. The van der Waals surface area contributed by atoms with E-state index in [4.69, 9.17) is 21.0 Å². The van der Waals surface area contributed by atoms with Crippen LogP contribution in [-0.4, -0.2) is 0 Å². The van der Waals surface area contributed by atoms with Crippen molar-refractivity contribution in [3.63, 3.8) is 0 Å². The van der Waals surface area contributed by atoms with E-state index in [1.807, 2.05) is 0 Å². The topological polar surface area (TPSA) is 95.2 Å². The van der Waals surface area contributed by atoms with Crippen LogP contribution in [0.2, 0.25) is 0 Å². The Morgan fingerprint density at radius 1 is 0.667 bits per heavy atom. The molecule has 0 fully saturated rings. The third-order valence-corrected chi connectivity index (χ3v) is 1.75. The van der Waals surface area contributed by atoms with Gasteiger partial charge in [0.1, 0.15) is 0 Å². The molecule has 0 amide bonds. The predicted octanol–water partition coefficient (Wildman–Crippen LogP) is 0.0646. The molecule has 0 radical (unpaired) electrons. The fourth-order valence-corrected chi connectivity index (χ4v) is 0.391. The zero-order chi connectivity index (χ0) is 7.33. The maximum atomic E-state index is 8.10. The van der Waals surface area contributed by atoms with Crippen LogP contribution in [0.3, 0.4) is 0 Å². The van der Waals surface area contributed by atoms with E-state index in [1.54, 1.807) is 0 Å². The molecule has 0 aromatic carbocycles. The Bertz CT molecular complexity index is 205. The number of hydrogen-bond acceptors (Lipinski definition) is 4. The second-order valence-electron chi connectivity index (χ2n) is 0.757. The molecular weight excluding hydrogens is 163 g/mol. The number of nitriles is 4. The summed E-state index contributed by atoms with van der Waals surface area (Å²) in [6.07, 6.45) is 0. The molecule has 0 rings (SSSR count). The maximum absolute atomic E-state index is 8.10. The zero-order valence-electron chi connectivity index (χ0n) is 4.11. The number of nitrogens with zero attached hydrogens (tertiary/aromatic N) is 4. The molecule has 0 aliphatic heterocycles. The van der Waals surface area contributed by atoms with Gasteiger partial charge in [-0.2, -0.15) is 0 Å². The van der Waals surface area contributed by atoms with Gasteiger partial charge < -0.3 is 0 Å². The average molecular weight is 163 g/mol. The van der Waals surface area contributed by atoms with Gasteiger partial charge in [-0.25, -0.2) is 0 Å². The number of rotatable bonds is 0. The Morgan fingerprint density at radius 3 is 0.889 bits per heavy atom. The first-order valence-electron chi connectivity index (χ1n) is 1.53. The van der Waals surface area contributed by atoms with Gasteiger partial charge in [-0.15, -0.1) is 0 Å². The molecule has 0 spiro atoms. The van der Waals surface area contributed by atoms with Crippen molar-refractivity contribution in [3.8, 4) is 20.2 Å². The molecule has 0 atom stereocenters. The Balaban J connectivity index is 4.84. The van der Waals surface area contributed by atoms with Gasteiger partial charge in [0, 0.05) is 0 Å². The van der Waals surface area contributed by atoms with Crippen molar-refractivity contribution in [3.05, 3.63) is 0 Å². The van der Waals surface area contributed by atoms with Crippen molar-refractivity contribution in [2.75, 3.05) is 0 Å². The van der Waals surface area contributed by atoms with E-state index < -0.39 is 12.4 Å². The van der Waals surface area contributed by atoms with E-state index in [2.05, 4.69) is 0 Å². The molecule has 0 aromatic rings. The summed E-state index contributed by atoms with van der Waals surface area (Å²) in [6.45, 7) is 0. The first-order valence-corrected chi connectivity index (χ1v) is 3.50. The molecule has 0 unspecified atom stereocenters. The van der Waals surface area contributed by atoms with Gasteiger partial charge in [-0.1, -0.05) is 0 Å². The van der Waals surface area contributed by atoms with Crippen LogP contribution in [0.5, 0.6) is 0 Å². The molecule has 0 bridgehead atoms. The van der Waals surface area contributed by atoms with Crippen molar-refractivity contribution in [1.82, 2.24) is 0 Å². The van der Waals surface area contributed by atoms with Crippen molar-refractivity contribution in [2.24, 2.45) is 0 Å². The average Bonchev–Trinajstić information content (AvgIpc) is 1.95. The van der Waals surface area contributed by atoms with E-state index in [0.717, 1.165) is 0 Å². The third kappa shape index (κ3) is 1.17. The second-order valence-corrected chi connectivity index (χ2v) is 3.12. The van der Waals surface area contributed by atoms with Gasteiger partial charge in [-0.3, -0.25) is 0 Å². The van der Waals surface area contributed by atoms with Crippen LogP contribution in [0.1, 0.15) is 0 Å². The Kier molecular flexibility index (Phi) is 2.22. The normalized spacial score (nSPS) is 9.33. The summed E-state index contributed by atoms with van der Waals surface area (Å²) in [5.41, 5.74) is 0. The number of hydrogen-bond donors (Lipinski definition) is 0. The van der Waals surface area contributed by atoms with Crippen LogP contribution in [0.15, 0.2) is 0 Å². The minimum atomic E-state index is -3.03. The quantitative estimate of drug-likeness (QED) is 0.471. The molecule has 0 aliphatic rings. The standard InChI is InChI=1S/4CN.Ni/c4*1-2;. The minimum absolute atomic E-state index is 1.38. The fourth-order valence-electron chi connectivity index (χ4n) is 0.0949. The fraction of sp³-hybridized carbons (Fsp3) is 0. The van der Waals surface area contributed by atoms with Gasteiger partial charge in [0.15, 0.2) is 0 Å². The second kappa shape index (κ2) is 2.69. The molecular formula is C4N4Ni. The summed E-state index contributed by atoms with van der Waals surface area (Å²) >= 11 is -3.03. The molecule has 0 saturated carbocycles. The molecule has 0 N–H and O–H groups in total. The van der Waals surface area contributed by atoms with Crippen molar-refractivity contribution < 1.29 is 12.4 Å². The first-order chi connectivity index (χ1) is 4.24. The van der Waals surface area contributed by atoms with Crippen molar-refractivity contribution in [2.45, 2.75) is 0 Å². The SMILES string of the molecule is N#[C][Ni]([C]#N)([C]#N)[C]#N. The van der Waals surface area contributed by atoms with Crippen LogP contribution in [0.25, 0.3) is 0 Å². The Hall–Kier alpha value is -1.55. The summed E-state index contributed by atoms with van der Waals surface area (Å²) in [7, 11) is 0. The molecule has 9 heavy (non-hydrogen) atoms. The Morgan fingerprint density at radius 2 is 0.889 bits per heavy atom. The van der Waals surface area contributed by atoms with Gasteiger partial charge >= 0.3 is 53.6 Å². The van der Waals surface area contributed by atoms with Crippen LogP contribution in [-0.2, 0) is 12.4 Å². The summed E-state index contributed by atoms with van der Waals surface area (Å²) in [6, 6.07) is 0. The molecule has 0 heterocycles. The molecule has 0 saturated heterocycles. The molecule has 0 aliphatic carbocycles. The van der Waals surface area contributed by atoms with Gasteiger partial charge in [0.25, 0.3) is 0 Å².